The number of nitrogens with one attached hydrogen (secondary N) is 1. The molecule has 0 radical (unpaired) electrons. The van der Waals surface area contributed by atoms with Crippen LogP contribution in [0.3, 0.4) is 0 Å². The number of piperazine rings is 1. The van der Waals surface area contributed by atoms with Crippen LogP contribution in [-0.2, 0) is 6.42 Å². The van der Waals surface area contributed by atoms with E-state index in [9.17, 15) is 0 Å². The number of anilines is 2. The van der Waals surface area contributed by atoms with Crippen molar-refractivity contribution in [2.75, 3.05) is 57.1 Å². The molecule has 30 heavy (non-hydrogen) atoms. The van der Waals surface area contributed by atoms with Crippen molar-refractivity contribution in [2.45, 2.75) is 18.0 Å². The third-order valence-electron chi connectivity index (χ3n) is 4.65. The fraction of sp³-hybridized carbons (Fsp3) is 0.474. The monoisotopic (exact) mass is 496 g/mol. The van der Waals surface area contributed by atoms with E-state index in [0.29, 0.717) is 23.2 Å². The molecule has 0 saturated carbocycles. The van der Waals surface area contributed by atoms with Gasteiger partial charge in [-0.15, -0.1) is 37.2 Å². The van der Waals surface area contributed by atoms with Crippen LogP contribution in [0.4, 0.5) is 11.6 Å². The van der Waals surface area contributed by atoms with Crippen LogP contribution in [0, 0.1) is 0 Å². The summed E-state index contributed by atoms with van der Waals surface area (Å²) in [5, 5.41) is 4.03. The van der Waals surface area contributed by atoms with E-state index >= 15 is 0 Å². The van der Waals surface area contributed by atoms with Gasteiger partial charge in [-0.1, -0.05) is 23.9 Å². The van der Waals surface area contributed by atoms with Crippen molar-refractivity contribution < 1.29 is 4.74 Å². The van der Waals surface area contributed by atoms with Crippen molar-refractivity contribution in [3.63, 3.8) is 0 Å². The maximum Gasteiger partial charge on any atom is 0.191 e. The van der Waals surface area contributed by atoms with Crippen LogP contribution >= 0.6 is 49.0 Å². The second kappa shape index (κ2) is 14.8. The van der Waals surface area contributed by atoms with E-state index in [0.717, 1.165) is 61.8 Å². The minimum atomic E-state index is 0. The van der Waals surface area contributed by atoms with Gasteiger partial charge in [-0.2, -0.15) is 0 Å². The van der Waals surface area contributed by atoms with Crippen molar-refractivity contribution >= 4 is 60.6 Å². The van der Waals surface area contributed by atoms with Crippen LogP contribution in [0.1, 0.15) is 17.5 Å². The van der Waals surface area contributed by atoms with Crippen LogP contribution in [0.2, 0.25) is 0 Å². The van der Waals surface area contributed by atoms with Crippen molar-refractivity contribution in [1.82, 2.24) is 20.2 Å². The molecule has 0 amide bonds. The summed E-state index contributed by atoms with van der Waals surface area (Å²) >= 11 is 1.62. The van der Waals surface area contributed by atoms with E-state index in [1.54, 1.807) is 18.9 Å². The number of benzene rings is 1. The summed E-state index contributed by atoms with van der Waals surface area (Å²) < 4.78 is 5.19. The number of nitrogen functional groups attached to an aromatic ring is 2. The summed E-state index contributed by atoms with van der Waals surface area (Å²) in [4.78, 5) is 11.4. The predicted octanol–water partition coefficient (Wildman–Crippen LogP) is 2.89. The number of thioether (sulfide) groups is 1. The topological polar surface area (TPSA) is 102 Å². The van der Waals surface area contributed by atoms with Gasteiger partial charge in [0.05, 0.1) is 7.11 Å². The minimum Gasteiger partial charge on any atom is -0.497 e. The number of halogens is 3. The van der Waals surface area contributed by atoms with Crippen LogP contribution in [-0.4, -0.2) is 60.5 Å². The highest BCUT2D eigenvalue weighted by atomic mass is 35.5. The molecule has 2 heterocycles. The average molecular weight is 498 g/mol. The maximum absolute atomic E-state index is 6.16. The molecule has 0 bridgehead atoms. The summed E-state index contributed by atoms with van der Waals surface area (Å²) in [5.41, 5.74) is 14.2. The summed E-state index contributed by atoms with van der Waals surface area (Å²) in [6, 6.07) is 7.84. The standard InChI is InChI=1S/C19H28N6OS.3ClH/c1-26-15-5-3-14(4-6-15)13-16-17(20)23-19(24-18(16)21)27-12-2-9-25-10-7-22-8-11-25;;;/h3-6,22H,2,7-13H2,1H3,(H4,20,21,23,24);3*1H. The summed E-state index contributed by atoms with van der Waals surface area (Å²) in [5.74, 6) is 2.70. The molecular formula is C19H31Cl3N6OS. The van der Waals surface area contributed by atoms with E-state index in [2.05, 4.69) is 20.2 Å². The van der Waals surface area contributed by atoms with E-state index < -0.39 is 0 Å². The van der Waals surface area contributed by atoms with E-state index in [1.165, 1.54) is 0 Å². The number of nitrogens with zero attached hydrogens (tertiary/aromatic N) is 3. The Labute approximate surface area is 201 Å². The normalized spacial score (nSPS) is 13.5. The van der Waals surface area contributed by atoms with Crippen molar-refractivity contribution in [3.8, 4) is 5.75 Å². The molecule has 0 atom stereocenters. The first-order valence-electron chi connectivity index (χ1n) is 9.26. The molecule has 0 aliphatic carbocycles. The molecule has 1 fully saturated rings. The summed E-state index contributed by atoms with van der Waals surface area (Å²) in [6.45, 7) is 5.52. The average Bonchev–Trinajstić information content (AvgIpc) is 2.69. The number of ether oxygens (including phenoxy) is 1. The lowest BCUT2D eigenvalue weighted by molar-refractivity contribution is 0.242. The molecule has 7 nitrogen and oxygen atoms in total. The second-order valence-electron chi connectivity index (χ2n) is 6.57. The number of methoxy groups -OCH3 is 1. The Balaban J connectivity index is 0.00000280. The Morgan fingerprint density at radius 2 is 1.63 bits per heavy atom. The first-order chi connectivity index (χ1) is 13.2. The Kier molecular flexibility index (Phi) is 14.2. The molecule has 1 aliphatic heterocycles. The van der Waals surface area contributed by atoms with Gasteiger partial charge >= 0.3 is 0 Å². The lowest BCUT2D eigenvalue weighted by atomic mass is 10.1. The third-order valence-corrected chi connectivity index (χ3v) is 5.58. The molecular weight excluding hydrogens is 467 g/mol. The van der Waals surface area contributed by atoms with Gasteiger partial charge in [-0.25, -0.2) is 9.97 Å². The molecule has 3 rings (SSSR count). The molecule has 0 spiro atoms. The number of aromatic nitrogens is 2. The lowest BCUT2D eigenvalue weighted by Gasteiger charge is -2.26. The molecule has 0 unspecified atom stereocenters. The van der Waals surface area contributed by atoms with Gasteiger partial charge in [0.1, 0.15) is 17.4 Å². The quantitative estimate of drug-likeness (QED) is 0.291. The first kappa shape index (κ1) is 28.8. The van der Waals surface area contributed by atoms with Gasteiger partial charge in [0.15, 0.2) is 5.16 Å². The molecule has 1 saturated heterocycles. The largest absolute Gasteiger partial charge is 0.497 e. The van der Waals surface area contributed by atoms with E-state index in [4.69, 9.17) is 16.2 Å². The molecule has 2 aromatic rings. The van der Waals surface area contributed by atoms with Crippen molar-refractivity contribution in [1.29, 1.82) is 0 Å². The maximum atomic E-state index is 6.16. The van der Waals surface area contributed by atoms with Gasteiger partial charge in [0.25, 0.3) is 0 Å². The summed E-state index contributed by atoms with van der Waals surface area (Å²) in [7, 11) is 1.65. The molecule has 1 aromatic heterocycles. The highest BCUT2D eigenvalue weighted by molar-refractivity contribution is 7.99. The Hall–Kier alpha value is -1.16. The number of rotatable bonds is 8. The molecule has 5 N–H and O–H groups in total. The SMILES string of the molecule is COc1ccc(Cc2c(N)nc(SCCCN3CCNCC3)nc2N)cc1.Cl.Cl.Cl. The highest BCUT2D eigenvalue weighted by Crippen LogP contribution is 2.25. The molecule has 1 aliphatic rings. The van der Waals surface area contributed by atoms with Crippen molar-refractivity contribution in [2.24, 2.45) is 0 Å². The summed E-state index contributed by atoms with van der Waals surface area (Å²) in [6.07, 6.45) is 1.71. The number of hydrogen-bond donors (Lipinski definition) is 3. The zero-order chi connectivity index (χ0) is 19.1. The predicted molar refractivity (Wildman–Crippen MR) is 133 cm³/mol. The molecule has 11 heteroatoms. The van der Waals surface area contributed by atoms with Crippen LogP contribution in [0.15, 0.2) is 29.4 Å². The van der Waals surface area contributed by atoms with Crippen LogP contribution in [0.25, 0.3) is 0 Å². The van der Waals surface area contributed by atoms with Crippen molar-refractivity contribution in [3.05, 3.63) is 35.4 Å². The lowest BCUT2D eigenvalue weighted by Crippen LogP contribution is -2.43. The smallest absolute Gasteiger partial charge is 0.191 e. The highest BCUT2D eigenvalue weighted by Gasteiger charge is 2.12. The van der Waals surface area contributed by atoms with Gasteiger partial charge in [0.2, 0.25) is 0 Å². The number of nitrogens with two attached hydrogens (primary N) is 2. The fourth-order valence-corrected chi connectivity index (χ4v) is 3.86. The Morgan fingerprint density at radius 1 is 1.03 bits per heavy atom. The Bertz CT molecular complexity index is 725. The Morgan fingerprint density at radius 3 is 2.20 bits per heavy atom. The van der Waals surface area contributed by atoms with E-state index in [1.807, 2.05) is 24.3 Å². The third kappa shape index (κ3) is 8.53. The second-order valence-corrected chi connectivity index (χ2v) is 7.64. The van der Waals surface area contributed by atoms with E-state index in [-0.39, 0.29) is 37.2 Å². The minimum absolute atomic E-state index is 0. The van der Waals surface area contributed by atoms with Gasteiger partial charge in [-0.3, -0.25) is 0 Å². The molecule has 170 valence electrons. The van der Waals surface area contributed by atoms with Crippen LogP contribution < -0.4 is 21.5 Å². The zero-order valence-electron chi connectivity index (χ0n) is 17.0. The number of hydrogen-bond acceptors (Lipinski definition) is 8. The van der Waals surface area contributed by atoms with Gasteiger partial charge in [-0.05, 0) is 30.7 Å². The van der Waals surface area contributed by atoms with Gasteiger partial charge in [0, 0.05) is 43.9 Å². The van der Waals surface area contributed by atoms with Gasteiger partial charge < -0.3 is 26.4 Å². The zero-order valence-corrected chi connectivity index (χ0v) is 20.3. The molecule has 1 aromatic carbocycles. The van der Waals surface area contributed by atoms with Crippen LogP contribution in [0.5, 0.6) is 5.75 Å². The fourth-order valence-electron chi connectivity index (χ4n) is 3.08. The first-order valence-corrected chi connectivity index (χ1v) is 10.2.